The van der Waals surface area contributed by atoms with Crippen molar-refractivity contribution < 1.29 is 71.8 Å². The molecule has 1 aliphatic rings. The van der Waals surface area contributed by atoms with E-state index in [9.17, 15) is 49.5 Å². The number of imidazole rings is 1. The van der Waals surface area contributed by atoms with Gasteiger partial charge in [0.25, 0.3) is 5.69 Å². The molecule has 0 spiro atoms. The summed E-state index contributed by atoms with van der Waals surface area (Å²) in [5.41, 5.74) is 5.99. The predicted octanol–water partition coefficient (Wildman–Crippen LogP) is -1.21. The van der Waals surface area contributed by atoms with Crippen LogP contribution in [0, 0.1) is 10.1 Å². The van der Waals surface area contributed by atoms with Crippen LogP contribution in [0.25, 0.3) is 11.2 Å². The molecule has 1 fully saturated rings. The smallest absolute Gasteiger partial charge is 0.462 e. The summed E-state index contributed by atoms with van der Waals surface area (Å²) in [5.74, 6) is 0.113. The fraction of sp³-hybridized carbons (Fsp3) is 0.476. The van der Waals surface area contributed by atoms with E-state index in [0.29, 0.717) is 0 Å². The molecule has 24 heteroatoms. The number of nitrogens with two attached hydrogens (primary N) is 1. The Labute approximate surface area is 251 Å². The van der Waals surface area contributed by atoms with Gasteiger partial charge in [0.05, 0.1) is 31.1 Å². The number of hydrogen-bond donors (Lipinski definition) is 7. The van der Waals surface area contributed by atoms with Gasteiger partial charge in [0, 0.05) is 12.1 Å². The van der Waals surface area contributed by atoms with E-state index in [1.165, 1.54) is 29.4 Å². The second-order valence-corrected chi connectivity index (χ2v) is 12.3. The first-order chi connectivity index (χ1) is 21.2. The van der Waals surface area contributed by atoms with Gasteiger partial charge in [-0.3, -0.25) is 23.7 Å². The highest BCUT2D eigenvalue weighted by Gasteiger charge is 2.46. The number of nitrogens with zero attached hydrogens (tertiary/aromatic N) is 5. The van der Waals surface area contributed by atoms with Crippen LogP contribution in [0.2, 0.25) is 0 Å². The van der Waals surface area contributed by atoms with Crippen LogP contribution in [0.15, 0.2) is 36.9 Å². The van der Waals surface area contributed by atoms with Crippen molar-refractivity contribution in [2.75, 3.05) is 25.6 Å². The van der Waals surface area contributed by atoms with Gasteiger partial charge in [0.1, 0.15) is 54.8 Å². The Morgan fingerprint density at radius 2 is 1.78 bits per heavy atom. The Balaban J connectivity index is 1.28. The van der Waals surface area contributed by atoms with Gasteiger partial charge in [-0.2, -0.15) is 4.31 Å². The van der Waals surface area contributed by atoms with Crippen molar-refractivity contribution in [2.24, 2.45) is 0 Å². The number of aromatic nitrogens is 4. The van der Waals surface area contributed by atoms with Crippen LogP contribution in [-0.2, 0) is 38.7 Å². The van der Waals surface area contributed by atoms with E-state index >= 15 is 0 Å². The second-order valence-electron chi connectivity index (χ2n) is 9.23. The van der Waals surface area contributed by atoms with Gasteiger partial charge in [0.15, 0.2) is 11.5 Å². The van der Waals surface area contributed by atoms with Crippen LogP contribution in [0.4, 0.5) is 11.5 Å². The molecule has 0 radical (unpaired) electrons. The highest BCUT2D eigenvalue weighted by Crippen LogP contribution is 2.60. The number of hydrogen-bond acceptors (Lipinski definition) is 18. The number of ether oxygens (including phenoxy) is 3. The SMILES string of the molecule is Nc1ncnc2c1ncn2CO[C@H](COP(=O)(O)OP(=O)(O)OC[C@H]1O[C@@H](Oc2ccc([N+](=O)[O-])cc2)C(O)C1O)C(O)CO. The van der Waals surface area contributed by atoms with Crippen LogP contribution in [0.3, 0.4) is 0 Å². The standard InChI is InChI=1S/C21H28N6O16P2/c22-19-16-20(24-8-23-19)26(9-25-16)10-38-14(13(29)5-28)6-39-44(34,35)43-45(36,37)40-7-15-17(30)18(31)21(42-15)41-12-3-1-11(2-4-12)27(32)33/h1-4,8-9,13-15,17-18,21,28-31H,5-7,10H2,(H,34,35)(H,36,37)(H2,22,23,24)/t13?,14-,15-,17?,18?,21-/m1/s1. The Morgan fingerprint density at radius 3 is 2.44 bits per heavy atom. The van der Waals surface area contributed by atoms with Gasteiger partial charge in [-0.1, -0.05) is 0 Å². The number of phosphoric ester groups is 2. The summed E-state index contributed by atoms with van der Waals surface area (Å²) in [6.07, 6.45) is -7.12. The zero-order chi connectivity index (χ0) is 32.9. The molecule has 0 bridgehead atoms. The first-order valence-electron chi connectivity index (χ1n) is 12.6. The maximum Gasteiger partial charge on any atom is 0.481 e. The summed E-state index contributed by atoms with van der Waals surface area (Å²) >= 11 is 0. The number of phosphoric acid groups is 2. The Morgan fingerprint density at radius 1 is 1.09 bits per heavy atom. The van der Waals surface area contributed by atoms with Crippen LogP contribution < -0.4 is 10.5 Å². The minimum atomic E-state index is -5.40. The van der Waals surface area contributed by atoms with E-state index in [2.05, 4.69) is 28.3 Å². The number of nitro benzene ring substituents is 1. The number of nitrogen functional groups attached to an aromatic ring is 1. The molecule has 3 heterocycles. The number of non-ortho nitro benzene ring substituents is 1. The number of nitro groups is 1. The quantitative estimate of drug-likeness (QED) is 0.0529. The number of aliphatic hydroxyl groups excluding tert-OH is 4. The van der Waals surface area contributed by atoms with Crippen molar-refractivity contribution in [1.82, 2.24) is 19.5 Å². The molecular weight excluding hydrogens is 654 g/mol. The fourth-order valence-electron chi connectivity index (χ4n) is 3.80. The van der Waals surface area contributed by atoms with Gasteiger partial charge in [0.2, 0.25) is 6.29 Å². The summed E-state index contributed by atoms with van der Waals surface area (Å²) < 4.78 is 55.7. The molecule has 1 aliphatic heterocycles. The average Bonchev–Trinajstić information content (AvgIpc) is 3.52. The van der Waals surface area contributed by atoms with Crippen molar-refractivity contribution >= 4 is 38.3 Å². The van der Waals surface area contributed by atoms with Gasteiger partial charge in [-0.05, 0) is 12.1 Å². The van der Waals surface area contributed by atoms with Crippen molar-refractivity contribution in [3.05, 3.63) is 47.0 Å². The summed E-state index contributed by atoms with van der Waals surface area (Å²) in [6, 6.07) is 4.65. The number of aliphatic hydroxyl groups is 4. The molecule has 45 heavy (non-hydrogen) atoms. The highest BCUT2D eigenvalue weighted by molar-refractivity contribution is 7.61. The van der Waals surface area contributed by atoms with Crippen molar-refractivity contribution in [3.8, 4) is 5.75 Å². The Bertz CT molecular complexity index is 1560. The molecule has 4 rings (SSSR count). The van der Waals surface area contributed by atoms with E-state index in [1.54, 1.807) is 0 Å². The monoisotopic (exact) mass is 682 g/mol. The fourth-order valence-corrected chi connectivity index (χ4v) is 5.89. The number of anilines is 1. The molecule has 0 aliphatic carbocycles. The number of rotatable bonds is 16. The molecule has 8 N–H and O–H groups in total. The summed E-state index contributed by atoms with van der Waals surface area (Å²) in [5, 5.41) is 50.6. The third-order valence-electron chi connectivity index (χ3n) is 6.10. The highest BCUT2D eigenvalue weighted by atomic mass is 31.3. The minimum Gasteiger partial charge on any atom is -0.462 e. The molecular formula is C21H28N6O16P2. The molecule has 3 aromatic rings. The Kier molecular flexibility index (Phi) is 11.2. The molecule has 1 aromatic carbocycles. The maximum absolute atomic E-state index is 12.4. The van der Waals surface area contributed by atoms with E-state index in [0.717, 1.165) is 12.1 Å². The summed E-state index contributed by atoms with van der Waals surface area (Å²) in [6.45, 7) is -3.11. The molecule has 5 unspecified atom stereocenters. The lowest BCUT2D eigenvalue weighted by Gasteiger charge is -2.24. The maximum atomic E-state index is 12.4. The topological polar surface area (TPSA) is 324 Å². The largest absolute Gasteiger partial charge is 0.481 e. The molecule has 2 aromatic heterocycles. The molecule has 0 saturated carbocycles. The summed E-state index contributed by atoms with van der Waals surface area (Å²) in [7, 11) is -10.8. The van der Waals surface area contributed by atoms with Gasteiger partial charge in [-0.15, -0.1) is 0 Å². The van der Waals surface area contributed by atoms with E-state index in [4.69, 9.17) is 19.9 Å². The zero-order valence-corrected chi connectivity index (χ0v) is 24.5. The van der Waals surface area contributed by atoms with Gasteiger partial charge < -0.3 is 50.2 Å². The van der Waals surface area contributed by atoms with Crippen LogP contribution in [0.1, 0.15) is 0 Å². The van der Waals surface area contributed by atoms with Crippen LogP contribution in [0.5, 0.6) is 5.75 Å². The lowest BCUT2D eigenvalue weighted by molar-refractivity contribution is -0.384. The zero-order valence-electron chi connectivity index (χ0n) is 22.7. The van der Waals surface area contributed by atoms with Gasteiger partial charge >= 0.3 is 15.6 Å². The third kappa shape index (κ3) is 8.95. The number of benzene rings is 1. The lowest BCUT2D eigenvalue weighted by Crippen LogP contribution is -2.36. The second kappa shape index (κ2) is 14.5. The lowest BCUT2D eigenvalue weighted by atomic mass is 10.1. The average molecular weight is 682 g/mol. The first kappa shape index (κ1) is 34.7. The van der Waals surface area contributed by atoms with Crippen LogP contribution in [-0.4, -0.2) is 111 Å². The van der Waals surface area contributed by atoms with E-state index in [1.807, 2.05) is 0 Å². The van der Waals surface area contributed by atoms with Gasteiger partial charge in [-0.25, -0.2) is 24.1 Å². The molecule has 248 valence electrons. The first-order valence-corrected chi connectivity index (χ1v) is 15.6. The summed E-state index contributed by atoms with van der Waals surface area (Å²) in [4.78, 5) is 41.9. The van der Waals surface area contributed by atoms with Crippen molar-refractivity contribution in [1.29, 1.82) is 0 Å². The van der Waals surface area contributed by atoms with E-state index < -0.39 is 77.2 Å². The number of fused-ring (bicyclic) bond motifs is 1. The van der Waals surface area contributed by atoms with Crippen molar-refractivity contribution in [2.45, 2.75) is 43.5 Å². The predicted molar refractivity (Wildman–Crippen MR) is 145 cm³/mol. The molecule has 0 amide bonds. The normalized spacial score (nSPS) is 24.1. The van der Waals surface area contributed by atoms with Crippen LogP contribution >= 0.6 is 15.6 Å². The third-order valence-corrected chi connectivity index (χ3v) is 8.70. The molecule has 8 atom stereocenters. The molecule has 22 nitrogen and oxygen atoms in total. The Hall–Kier alpha value is -3.21. The minimum absolute atomic E-state index is 0.0265. The van der Waals surface area contributed by atoms with Crippen molar-refractivity contribution in [3.63, 3.8) is 0 Å². The molecule has 1 saturated heterocycles. The van der Waals surface area contributed by atoms with E-state index in [-0.39, 0.29) is 35.1 Å².